The summed E-state index contributed by atoms with van der Waals surface area (Å²) >= 11 is 3.48. The van der Waals surface area contributed by atoms with Crippen LogP contribution in [0.5, 0.6) is 5.75 Å². The second-order valence-electron chi connectivity index (χ2n) is 3.93. The summed E-state index contributed by atoms with van der Waals surface area (Å²) in [4.78, 5) is 4.11. The Hall–Kier alpha value is -1.33. The number of aromatic nitrogens is 2. The largest absolute Gasteiger partial charge is 0.486 e. The molecule has 0 spiro atoms. The molecule has 1 aromatic heterocycles. The van der Waals surface area contributed by atoms with Crippen molar-refractivity contribution in [1.29, 1.82) is 0 Å². The predicted molar refractivity (Wildman–Crippen MR) is 74.3 cm³/mol. The highest BCUT2D eigenvalue weighted by molar-refractivity contribution is 9.10. The van der Waals surface area contributed by atoms with E-state index in [9.17, 15) is 0 Å². The van der Waals surface area contributed by atoms with Gasteiger partial charge in [-0.3, -0.25) is 0 Å². The maximum absolute atomic E-state index is 5.77. The van der Waals surface area contributed by atoms with Gasteiger partial charge in [0.25, 0.3) is 0 Å². The zero-order valence-corrected chi connectivity index (χ0v) is 11.9. The van der Waals surface area contributed by atoms with E-state index < -0.39 is 0 Å². The van der Waals surface area contributed by atoms with Crippen LogP contribution in [0.2, 0.25) is 0 Å². The summed E-state index contributed by atoms with van der Waals surface area (Å²) in [7, 11) is 0. The van der Waals surface area contributed by atoms with Crippen LogP contribution in [0.3, 0.4) is 0 Å². The number of ether oxygens (including phenoxy) is 1. The SMILES string of the molecule is CCn1cncc1COc1ccc(CN)cc1Br. The number of nitrogens with zero attached hydrogens (tertiary/aromatic N) is 2. The first kappa shape index (κ1) is 13.1. The number of aryl methyl sites for hydroxylation is 1. The Bertz CT molecular complexity index is 525. The molecular weight excluding hydrogens is 294 g/mol. The van der Waals surface area contributed by atoms with Gasteiger partial charge >= 0.3 is 0 Å². The lowest BCUT2D eigenvalue weighted by atomic mass is 10.2. The van der Waals surface area contributed by atoms with Crippen molar-refractivity contribution in [2.24, 2.45) is 5.73 Å². The van der Waals surface area contributed by atoms with Gasteiger partial charge in [0.1, 0.15) is 12.4 Å². The first-order chi connectivity index (χ1) is 8.74. The van der Waals surface area contributed by atoms with Crippen molar-refractivity contribution in [1.82, 2.24) is 9.55 Å². The number of rotatable bonds is 5. The highest BCUT2D eigenvalue weighted by Gasteiger charge is 2.05. The van der Waals surface area contributed by atoms with Gasteiger partial charge < -0.3 is 15.0 Å². The van der Waals surface area contributed by atoms with E-state index >= 15 is 0 Å². The Balaban J connectivity index is 2.06. The van der Waals surface area contributed by atoms with Crippen molar-refractivity contribution < 1.29 is 4.74 Å². The topological polar surface area (TPSA) is 53.1 Å². The summed E-state index contributed by atoms with van der Waals surface area (Å²) in [6.45, 7) is 4.01. The molecule has 1 aromatic carbocycles. The third kappa shape index (κ3) is 2.91. The first-order valence-corrected chi connectivity index (χ1v) is 6.64. The summed E-state index contributed by atoms with van der Waals surface area (Å²) in [5, 5.41) is 0. The van der Waals surface area contributed by atoms with Gasteiger partial charge in [0, 0.05) is 13.1 Å². The van der Waals surface area contributed by atoms with Crippen LogP contribution in [0.1, 0.15) is 18.2 Å². The number of hydrogen-bond acceptors (Lipinski definition) is 3. The predicted octanol–water partition coefficient (Wildman–Crippen LogP) is 2.70. The van der Waals surface area contributed by atoms with Crippen LogP contribution in [-0.2, 0) is 19.7 Å². The van der Waals surface area contributed by atoms with Crippen LogP contribution in [-0.4, -0.2) is 9.55 Å². The maximum Gasteiger partial charge on any atom is 0.134 e. The molecule has 0 unspecified atom stereocenters. The zero-order chi connectivity index (χ0) is 13.0. The molecule has 0 radical (unpaired) electrons. The van der Waals surface area contributed by atoms with E-state index in [4.69, 9.17) is 10.5 Å². The molecule has 0 aliphatic carbocycles. The molecule has 0 amide bonds. The number of imidazole rings is 1. The van der Waals surface area contributed by atoms with E-state index in [1.54, 1.807) is 0 Å². The van der Waals surface area contributed by atoms with E-state index in [1.807, 2.05) is 30.7 Å². The normalized spacial score (nSPS) is 10.6. The van der Waals surface area contributed by atoms with Crippen molar-refractivity contribution in [2.75, 3.05) is 0 Å². The average molecular weight is 310 g/mol. The molecular formula is C13H16BrN3O. The van der Waals surface area contributed by atoms with Crippen LogP contribution in [0.25, 0.3) is 0 Å². The molecule has 0 atom stereocenters. The maximum atomic E-state index is 5.77. The third-order valence-corrected chi connectivity index (χ3v) is 3.37. The van der Waals surface area contributed by atoms with E-state index in [0.29, 0.717) is 13.2 Å². The lowest BCUT2D eigenvalue weighted by Crippen LogP contribution is -2.04. The monoisotopic (exact) mass is 309 g/mol. The quantitative estimate of drug-likeness (QED) is 0.924. The fourth-order valence-corrected chi connectivity index (χ4v) is 2.23. The molecule has 2 rings (SSSR count). The molecule has 5 heteroatoms. The van der Waals surface area contributed by atoms with Gasteiger partial charge in [0.15, 0.2) is 0 Å². The lowest BCUT2D eigenvalue weighted by Gasteiger charge is -2.10. The van der Waals surface area contributed by atoms with E-state index in [0.717, 1.165) is 28.0 Å². The Labute approximate surface area is 115 Å². The molecule has 4 nitrogen and oxygen atoms in total. The molecule has 0 saturated carbocycles. The lowest BCUT2D eigenvalue weighted by molar-refractivity contribution is 0.293. The van der Waals surface area contributed by atoms with Gasteiger partial charge in [-0.2, -0.15) is 0 Å². The molecule has 0 bridgehead atoms. The summed E-state index contributed by atoms with van der Waals surface area (Å²) in [6, 6.07) is 5.88. The minimum absolute atomic E-state index is 0.508. The molecule has 0 fully saturated rings. The summed E-state index contributed by atoms with van der Waals surface area (Å²) in [5.41, 5.74) is 7.72. The van der Waals surface area contributed by atoms with Gasteiger partial charge in [-0.25, -0.2) is 4.98 Å². The Morgan fingerprint density at radius 1 is 1.44 bits per heavy atom. The molecule has 1 heterocycles. The number of nitrogens with two attached hydrogens (primary N) is 1. The number of benzene rings is 1. The molecule has 96 valence electrons. The molecule has 0 aliphatic heterocycles. The zero-order valence-electron chi connectivity index (χ0n) is 10.3. The van der Waals surface area contributed by atoms with Crippen LogP contribution in [0.4, 0.5) is 0 Å². The smallest absolute Gasteiger partial charge is 0.134 e. The highest BCUT2D eigenvalue weighted by Crippen LogP contribution is 2.26. The van der Waals surface area contributed by atoms with Gasteiger partial charge in [0.2, 0.25) is 0 Å². The van der Waals surface area contributed by atoms with Gasteiger partial charge in [-0.05, 0) is 40.5 Å². The molecule has 0 saturated heterocycles. The van der Waals surface area contributed by atoms with Crippen molar-refractivity contribution in [3.8, 4) is 5.75 Å². The van der Waals surface area contributed by atoms with Crippen LogP contribution >= 0.6 is 15.9 Å². The highest BCUT2D eigenvalue weighted by atomic mass is 79.9. The standard InChI is InChI=1S/C13H16BrN3O/c1-2-17-9-16-7-11(17)8-18-13-4-3-10(6-15)5-12(13)14/h3-5,7,9H,2,6,8,15H2,1H3. The number of hydrogen-bond donors (Lipinski definition) is 1. The van der Waals surface area contributed by atoms with Crippen molar-refractivity contribution in [3.05, 3.63) is 46.5 Å². The minimum atomic E-state index is 0.508. The molecule has 2 aromatic rings. The average Bonchev–Trinajstić information content (AvgIpc) is 2.84. The summed E-state index contributed by atoms with van der Waals surface area (Å²) in [6.07, 6.45) is 3.64. The molecule has 18 heavy (non-hydrogen) atoms. The van der Waals surface area contributed by atoms with Crippen molar-refractivity contribution in [2.45, 2.75) is 26.6 Å². The Morgan fingerprint density at radius 3 is 2.94 bits per heavy atom. The first-order valence-electron chi connectivity index (χ1n) is 5.85. The van der Waals surface area contributed by atoms with E-state index in [2.05, 4.69) is 32.4 Å². The van der Waals surface area contributed by atoms with Crippen LogP contribution in [0, 0.1) is 0 Å². The minimum Gasteiger partial charge on any atom is -0.486 e. The fourth-order valence-electron chi connectivity index (χ4n) is 1.69. The third-order valence-electron chi connectivity index (χ3n) is 2.75. The molecule has 2 N–H and O–H groups in total. The Morgan fingerprint density at radius 2 is 2.28 bits per heavy atom. The molecule has 0 aliphatic rings. The van der Waals surface area contributed by atoms with Crippen molar-refractivity contribution in [3.63, 3.8) is 0 Å². The van der Waals surface area contributed by atoms with Gasteiger partial charge in [-0.15, -0.1) is 0 Å². The second-order valence-corrected chi connectivity index (χ2v) is 4.78. The number of halogens is 1. The second kappa shape index (κ2) is 6.02. The summed E-state index contributed by atoms with van der Waals surface area (Å²) < 4.78 is 8.76. The van der Waals surface area contributed by atoms with Crippen LogP contribution < -0.4 is 10.5 Å². The van der Waals surface area contributed by atoms with E-state index in [-0.39, 0.29) is 0 Å². The van der Waals surface area contributed by atoms with E-state index in [1.165, 1.54) is 0 Å². The van der Waals surface area contributed by atoms with Crippen molar-refractivity contribution >= 4 is 15.9 Å². The van der Waals surface area contributed by atoms with Crippen LogP contribution in [0.15, 0.2) is 35.2 Å². The summed E-state index contributed by atoms with van der Waals surface area (Å²) in [5.74, 6) is 0.816. The van der Waals surface area contributed by atoms with Gasteiger partial charge in [0.05, 0.1) is 22.7 Å². The van der Waals surface area contributed by atoms with Gasteiger partial charge in [-0.1, -0.05) is 6.07 Å². The fraction of sp³-hybridized carbons (Fsp3) is 0.308. The Kier molecular flexibility index (Phi) is 4.38.